The number of aliphatic hydroxyl groups excluding tert-OH is 1. The molecule has 0 saturated heterocycles. The average Bonchev–Trinajstić information content (AvgIpc) is 2.96. The summed E-state index contributed by atoms with van der Waals surface area (Å²) >= 11 is 0. The van der Waals surface area contributed by atoms with Crippen molar-refractivity contribution in [3.63, 3.8) is 0 Å². The van der Waals surface area contributed by atoms with Crippen molar-refractivity contribution in [1.82, 2.24) is 10.6 Å². The Labute approximate surface area is 235 Å². The summed E-state index contributed by atoms with van der Waals surface area (Å²) in [6.45, 7) is 0.773. The van der Waals surface area contributed by atoms with E-state index in [4.69, 9.17) is 19.3 Å². The van der Waals surface area contributed by atoms with Crippen molar-refractivity contribution in [2.24, 2.45) is 11.8 Å². The Morgan fingerprint density at radius 1 is 1.00 bits per heavy atom. The second-order valence-electron chi connectivity index (χ2n) is 9.76. The van der Waals surface area contributed by atoms with Gasteiger partial charge in [0.1, 0.15) is 6.10 Å². The lowest BCUT2D eigenvalue weighted by molar-refractivity contribution is -0.158. The van der Waals surface area contributed by atoms with Crippen LogP contribution in [0, 0.1) is 11.8 Å². The molecule has 0 bridgehead atoms. The van der Waals surface area contributed by atoms with Gasteiger partial charge in [-0.3, -0.25) is 14.4 Å². The van der Waals surface area contributed by atoms with E-state index < -0.39 is 24.0 Å². The molecule has 2 amide bonds. The SMILES string of the molecule is COC[C@@H]1NC(=O)[C@@H](CC(=O)NCCOCCO)CC=CC[C@H](Cc2ccccc2)C(=O)O[C@H]1c1ccccc1. The largest absolute Gasteiger partial charge is 0.455 e. The van der Waals surface area contributed by atoms with Gasteiger partial charge in [0.15, 0.2) is 0 Å². The molecule has 4 atom stereocenters. The summed E-state index contributed by atoms with van der Waals surface area (Å²) in [6, 6.07) is 18.4. The van der Waals surface area contributed by atoms with Gasteiger partial charge in [0.25, 0.3) is 0 Å². The highest BCUT2D eigenvalue weighted by Gasteiger charge is 2.33. The zero-order valence-corrected chi connectivity index (χ0v) is 23.0. The zero-order chi connectivity index (χ0) is 28.6. The van der Waals surface area contributed by atoms with Crippen molar-refractivity contribution in [3.8, 4) is 0 Å². The van der Waals surface area contributed by atoms with Crippen molar-refractivity contribution in [2.45, 2.75) is 37.8 Å². The lowest BCUT2D eigenvalue weighted by Gasteiger charge is -2.31. The molecule has 1 aliphatic heterocycles. The normalized spacial score (nSPS) is 21.9. The summed E-state index contributed by atoms with van der Waals surface area (Å²) in [5.74, 6) is -2.00. The third-order valence-corrected chi connectivity index (χ3v) is 6.68. The molecule has 1 heterocycles. The average molecular weight is 553 g/mol. The van der Waals surface area contributed by atoms with Gasteiger partial charge in [0.05, 0.1) is 44.3 Å². The van der Waals surface area contributed by atoms with Crippen LogP contribution in [0.25, 0.3) is 0 Å². The first-order chi connectivity index (χ1) is 19.5. The van der Waals surface area contributed by atoms with Gasteiger partial charge in [-0.15, -0.1) is 0 Å². The number of benzene rings is 2. The molecule has 3 rings (SSSR count). The van der Waals surface area contributed by atoms with Crippen LogP contribution in [0.2, 0.25) is 0 Å². The third-order valence-electron chi connectivity index (χ3n) is 6.68. The molecular formula is C31H40N2O7. The van der Waals surface area contributed by atoms with Gasteiger partial charge >= 0.3 is 5.97 Å². The number of amides is 2. The fourth-order valence-corrected chi connectivity index (χ4v) is 4.62. The quantitative estimate of drug-likeness (QED) is 0.210. The highest BCUT2D eigenvalue weighted by atomic mass is 16.5. The summed E-state index contributed by atoms with van der Waals surface area (Å²) in [5, 5.41) is 14.6. The van der Waals surface area contributed by atoms with Gasteiger partial charge < -0.3 is 30.0 Å². The minimum absolute atomic E-state index is 0.0148. The first-order valence-corrected chi connectivity index (χ1v) is 13.7. The summed E-state index contributed by atoms with van der Waals surface area (Å²) < 4.78 is 16.7. The molecule has 3 N–H and O–H groups in total. The second kappa shape index (κ2) is 17.2. The molecule has 0 aliphatic carbocycles. The Hall–Kier alpha value is -3.53. The number of hydrogen-bond donors (Lipinski definition) is 3. The van der Waals surface area contributed by atoms with E-state index in [0.29, 0.717) is 19.3 Å². The van der Waals surface area contributed by atoms with Crippen molar-refractivity contribution < 1.29 is 33.7 Å². The van der Waals surface area contributed by atoms with E-state index in [1.807, 2.05) is 72.8 Å². The Morgan fingerprint density at radius 2 is 1.68 bits per heavy atom. The number of hydrogen-bond acceptors (Lipinski definition) is 7. The molecule has 40 heavy (non-hydrogen) atoms. The minimum Gasteiger partial charge on any atom is -0.455 e. The van der Waals surface area contributed by atoms with E-state index in [2.05, 4.69) is 10.6 Å². The van der Waals surface area contributed by atoms with E-state index in [1.54, 1.807) is 0 Å². The molecule has 2 aromatic rings. The van der Waals surface area contributed by atoms with E-state index in [1.165, 1.54) is 7.11 Å². The monoisotopic (exact) mass is 552 g/mol. The first-order valence-electron chi connectivity index (χ1n) is 13.7. The fourth-order valence-electron chi connectivity index (χ4n) is 4.62. The topological polar surface area (TPSA) is 123 Å². The number of cyclic esters (lactones) is 1. The van der Waals surface area contributed by atoms with Crippen molar-refractivity contribution in [3.05, 3.63) is 83.9 Å². The zero-order valence-electron chi connectivity index (χ0n) is 23.0. The van der Waals surface area contributed by atoms with Crippen LogP contribution in [0.1, 0.15) is 36.5 Å². The number of carbonyl (C=O) groups excluding carboxylic acids is 3. The van der Waals surface area contributed by atoms with Crippen molar-refractivity contribution >= 4 is 17.8 Å². The van der Waals surface area contributed by atoms with Gasteiger partial charge in [-0.25, -0.2) is 0 Å². The molecule has 0 spiro atoms. The van der Waals surface area contributed by atoms with Crippen LogP contribution in [0.3, 0.4) is 0 Å². The molecule has 9 nitrogen and oxygen atoms in total. The van der Waals surface area contributed by atoms with Crippen LogP contribution in [-0.4, -0.2) is 69.0 Å². The van der Waals surface area contributed by atoms with Gasteiger partial charge in [-0.1, -0.05) is 72.8 Å². The minimum atomic E-state index is -0.780. The Kier molecular flexibility index (Phi) is 13.3. The number of allylic oxidation sites excluding steroid dienone is 2. The predicted molar refractivity (Wildman–Crippen MR) is 150 cm³/mol. The Morgan fingerprint density at radius 3 is 2.35 bits per heavy atom. The van der Waals surface area contributed by atoms with E-state index in [9.17, 15) is 14.4 Å². The predicted octanol–water partition coefficient (Wildman–Crippen LogP) is 2.74. The van der Waals surface area contributed by atoms with Crippen molar-refractivity contribution in [1.29, 1.82) is 0 Å². The van der Waals surface area contributed by atoms with Gasteiger partial charge in [0, 0.05) is 20.1 Å². The standard InChI is InChI=1S/C31H40N2O7/c1-38-22-27-29(24-12-6-3-7-13-24)40-31(37)26(20-23-10-4-2-5-11-23)15-9-8-14-25(30(36)33-27)21-28(35)32-16-18-39-19-17-34/h2-13,25-27,29,34H,14-22H2,1H3,(H,32,35)(H,33,36)/t25-,26-,27+,29+/m1/s1. The molecule has 0 unspecified atom stereocenters. The van der Waals surface area contributed by atoms with E-state index in [0.717, 1.165) is 11.1 Å². The molecule has 2 aromatic carbocycles. The first kappa shape index (κ1) is 31.0. The number of aliphatic hydroxyl groups is 1. The molecule has 0 saturated carbocycles. The van der Waals surface area contributed by atoms with Crippen molar-refractivity contribution in [2.75, 3.05) is 40.1 Å². The van der Waals surface area contributed by atoms with Crippen LogP contribution in [0.5, 0.6) is 0 Å². The van der Waals surface area contributed by atoms with Crippen LogP contribution in [0.4, 0.5) is 0 Å². The van der Waals surface area contributed by atoms with Crippen LogP contribution in [0.15, 0.2) is 72.8 Å². The highest BCUT2D eigenvalue weighted by molar-refractivity contribution is 5.86. The Balaban J connectivity index is 1.85. The molecule has 9 heteroatoms. The maximum atomic E-state index is 13.5. The molecule has 0 aromatic heterocycles. The number of rotatable bonds is 12. The van der Waals surface area contributed by atoms with Crippen LogP contribution in [-0.2, 0) is 35.0 Å². The molecule has 0 fully saturated rings. The molecule has 0 radical (unpaired) electrons. The number of methoxy groups -OCH3 is 1. The molecular weight excluding hydrogens is 512 g/mol. The number of carbonyl (C=O) groups is 3. The third kappa shape index (κ3) is 10.2. The smallest absolute Gasteiger partial charge is 0.310 e. The Bertz CT molecular complexity index is 1080. The van der Waals surface area contributed by atoms with Crippen LogP contribution >= 0.6 is 0 Å². The van der Waals surface area contributed by atoms with E-state index >= 15 is 0 Å². The van der Waals surface area contributed by atoms with E-state index in [-0.39, 0.29) is 57.2 Å². The molecule has 216 valence electrons. The number of esters is 1. The summed E-state index contributed by atoms with van der Waals surface area (Å²) in [7, 11) is 1.52. The maximum Gasteiger partial charge on any atom is 0.310 e. The highest BCUT2D eigenvalue weighted by Crippen LogP contribution is 2.27. The lowest BCUT2D eigenvalue weighted by atomic mass is 9.93. The molecule has 1 aliphatic rings. The summed E-state index contributed by atoms with van der Waals surface area (Å²) in [4.78, 5) is 39.6. The summed E-state index contributed by atoms with van der Waals surface area (Å²) in [5.41, 5.74) is 1.77. The van der Waals surface area contributed by atoms with Crippen LogP contribution < -0.4 is 10.6 Å². The number of ether oxygens (including phenoxy) is 3. The second-order valence-corrected chi connectivity index (χ2v) is 9.76. The lowest BCUT2D eigenvalue weighted by Crippen LogP contribution is -2.47. The summed E-state index contributed by atoms with van der Waals surface area (Å²) in [6.07, 6.45) is 4.24. The van der Waals surface area contributed by atoms with Gasteiger partial charge in [-0.05, 0) is 30.4 Å². The fraction of sp³-hybridized carbons (Fsp3) is 0.452. The maximum absolute atomic E-state index is 13.5. The van der Waals surface area contributed by atoms with Gasteiger partial charge in [-0.2, -0.15) is 0 Å². The number of nitrogens with one attached hydrogen (secondary N) is 2. The van der Waals surface area contributed by atoms with Gasteiger partial charge in [0.2, 0.25) is 11.8 Å².